The van der Waals surface area contributed by atoms with E-state index in [0.29, 0.717) is 5.57 Å². The van der Waals surface area contributed by atoms with Gasteiger partial charge in [0.1, 0.15) is 16.2 Å². The monoisotopic (exact) mass is 420 g/mol. The van der Waals surface area contributed by atoms with Crippen molar-refractivity contribution >= 4 is 69.8 Å². The molecule has 0 N–H and O–H groups in total. The molecule has 0 saturated carbocycles. The van der Waals surface area contributed by atoms with Gasteiger partial charge in [0.2, 0.25) is 5.91 Å². The Kier molecular flexibility index (Phi) is 7.12. The van der Waals surface area contributed by atoms with Gasteiger partial charge >= 0.3 is 0 Å². The Morgan fingerprint density at radius 2 is 1.78 bits per heavy atom. The van der Waals surface area contributed by atoms with E-state index < -0.39 is 15.8 Å². The van der Waals surface area contributed by atoms with Crippen molar-refractivity contribution < 1.29 is 9.59 Å². The maximum absolute atomic E-state index is 12.6. The average Bonchev–Trinajstić information content (AvgIpc) is 2.44. The van der Waals surface area contributed by atoms with E-state index in [1.165, 1.54) is 30.0 Å². The number of halogens is 5. The molecule has 23 heavy (non-hydrogen) atoms. The van der Waals surface area contributed by atoms with Gasteiger partial charge in [0.15, 0.2) is 3.79 Å². The first-order valence-corrected chi connectivity index (χ1v) is 8.61. The standard InChI is InChI=1S/C14H17Cl5N2O2/c1-7(11(15)16)5-9-12(22)21(4)10(13(23)20(9)3)6-8(2)14(17,18)19/h5,8,10H,6H2,1-4H3/b9-5-/t8-,10-/m0/s1. The van der Waals surface area contributed by atoms with Crippen LogP contribution in [0.5, 0.6) is 0 Å². The van der Waals surface area contributed by atoms with E-state index >= 15 is 0 Å². The van der Waals surface area contributed by atoms with Gasteiger partial charge in [-0.15, -0.1) is 0 Å². The number of carbonyl (C=O) groups excluding carboxylic acids is 2. The van der Waals surface area contributed by atoms with Gasteiger partial charge in [-0.2, -0.15) is 0 Å². The van der Waals surface area contributed by atoms with Gasteiger partial charge in [-0.3, -0.25) is 9.59 Å². The minimum absolute atomic E-state index is 0.0285. The third-order valence-corrected chi connectivity index (χ3v) is 5.48. The fourth-order valence-electron chi connectivity index (χ4n) is 2.12. The van der Waals surface area contributed by atoms with Crippen LogP contribution in [0, 0.1) is 5.92 Å². The van der Waals surface area contributed by atoms with Crippen molar-refractivity contribution in [3.8, 4) is 0 Å². The van der Waals surface area contributed by atoms with Crippen LogP contribution in [-0.2, 0) is 9.59 Å². The molecular formula is C14H17Cl5N2O2. The molecule has 1 fully saturated rings. The van der Waals surface area contributed by atoms with Crippen molar-refractivity contribution in [3.05, 3.63) is 21.8 Å². The van der Waals surface area contributed by atoms with Gasteiger partial charge < -0.3 is 9.80 Å². The highest BCUT2D eigenvalue weighted by molar-refractivity contribution is 6.67. The van der Waals surface area contributed by atoms with Crippen molar-refractivity contribution in [1.29, 1.82) is 0 Å². The first kappa shape index (κ1) is 20.9. The molecule has 0 unspecified atom stereocenters. The van der Waals surface area contributed by atoms with Gasteiger partial charge in [-0.05, 0) is 25.0 Å². The number of alkyl halides is 3. The highest BCUT2D eigenvalue weighted by Crippen LogP contribution is 2.38. The van der Waals surface area contributed by atoms with E-state index in [-0.39, 0.29) is 28.4 Å². The van der Waals surface area contributed by atoms with Gasteiger partial charge in [-0.25, -0.2) is 0 Å². The van der Waals surface area contributed by atoms with Crippen molar-refractivity contribution in [3.63, 3.8) is 0 Å². The summed E-state index contributed by atoms with van der Waals surface area (Å²) >= 11 is 29.0. The van der Waals surface area contributed by atoms with Gasteiger partial charge in [0.05, 0.1) is 0 Å². The Balaban J connectivity index is 3.12. The average molecular weight is 423 g/mol. The van der Waals surface area contributed by atoms with Crippen LogP contribution in [0.1, 0.15) is 20.3 Å². The number of hydrogen-bond donors (Lipinski definition) is 0. The lowest BCUT2D eigenvalue weighted by Crippen LogP contribution is -2.56. The zero-order valence-corrected chi connectivity index (χ0v) is 16.8. The normalized spacial score (nSPS) is 22.7. The summed E-state index contributed by atoms with van der Waals surface area (Å²) in [7, 11) is 3.06. The van der Waals surface area contributed by atoms with Crippen LogP contribution in [0.25, 0.3) is 0 Å². The summed E-state index contributed by atoms with van der Waals surface area (Å²) in [5.74, 6) is -1.00. The van der Waals surface area contributed by atoms with Crippen LogP contribution in [0.15, 0.2) is 21.8 Å². The molecule has 130 valence electrons. The van der Waals surface area contributed by atoms with Crippen LogP contribution >= 0.6 is 58.0 Å². The number of amides is 2. The first-order valence-electron chi connectivity index (χ1n) is 6.73. The summed E-state index contributed by atoms with van der Waals surface area (Å²) in [5.41, 5.74) is 0.671. The second-order valence-electron chi connectivity index (χ2n) is 5.48. The topological polar surface area (TPSA) is 40.6 Å². The predicted octanol–water partition coefficient (Wildman–Crippen LogP) is 4.27. The lowest BCUT2D eigenvalue weighted by atomic mass is 9.98. The molecule has 0 radical (unpaired) electrons. The van der Waals surface area contributed by atoms with E-state index in [2.05, 4.69) is 0 Å². The lowest BCUT2D eigenvalue weighted by Gasteiger charge is -2.39. The number of hydrogen-bond acceptors (Lipinski definition) is 2. The number of piperazine rings is 1. The minimum Gasteiger partial charge on any atom is -0.328 e. The molecule has 2 atom stereocenters. The molecule has 4 nitrogen and oxygen atoms in total. The second-order valence-corrected chi connectivity index (χ2v) is 8.80. The molecule has 1 aliphatic rings. The minimum atomic E-state index is -1.51. The third kappa shape index (κ3) is 4.93. The Morgan fingerprint density at radius 3 is 2.22 bits per heavy atom. The molecule has 9 heteroatoms. The lowest BCUT2D eigenvalue weighted by molar-refractivity contribution is -0.149. The smallest absolute Gasteiger partial charge is 0.270 e. The summed E-state index contributed by atoms with van der Waals surface area (Å²) < 4.78 is -1.48. The maximum Gasteiger partial charge on any atom is 0.270 e. The number of carbonyl (C=O) groups is 2. The number of allylic oxidation sites excluding steroid dienone is 2. The first-order chi connectivity index (χ1) is 10.4. The molecule has 0 aromatic rings. The molecule has 1 saturated heterocycles. The Labute approximate surface area is 160 Å². The summed E-state index contributed by atoms with van der Waals surface area (Å²) in [6.45, 7) is 3.36. The Morgan fingerprint density at radius 1 is 1.26 bits per heavy atom. The summed E-state index contributed by atoms with van der Waals surface area (Å²) in [4.78, 5) is 27.7. The van der Waals surface area contributed by atoms with E-state index in [9.17, 15) is 9.59 Å². The van der Waals surface area contributed by atoms with Crippen molar-refractivity contribution in [1.82, 2.24) is 9.80 Å². The molecule has 0 aromatic carbocycles. The number of likely N-dealkylation sites (N-methyl/N-ethyl adjacent to an activating group) is 2. The molecule has 0 spiro atoms. The number of rotatable bonds is 3. The Bertz CT molecular complexity index is 564. The zero-order valence-electron chi connectivity index (χ0n) is 13.0. The fourth-order valence-corrected chi connectivity index (χ4v) is 2.50. The van der Waals surface area contributed by atoms with Gasteiger partial charge in [0.25, 0.3) is 5.91 Å². The summed E-state index contributed by atoms with van der Waals surface area (Å²) in [5, 5.41) is 0. The van der Waals surface area contributed by atoms with Crippen LogP contribution < -0.4 is 0 Å². The van der Waals surface area contributed by atoms with Gasteiger partial charge in [-0.1, -0.05) is 64.9 Å². The predicted molar refractivity (Wildman–Crippen MR) is 95.9 cm³/mol. The van der Waals surface area contributed by atoms with Crippen molar-refractivity contribution in [2.75, 3.05) is 14.1 Å². The molecule has 0 aromatic heterocycles. The molecule has 1 rings (SSSR count). The highest BCUT2D eigenvalue weighted by atomic mass is 35.6. The fraction of sp³-hybridized carbons (Fsp3) is 0.571. The highest BCUT2D eigenvalue weighted by Gasteiger charge is 2.42. The summed E-state index contributed by atoms with van der Waals surface area (Å²) in [6, 6.07) is -0.703. The van der Waals surface area contributed by atoms with Crippen LogP contribution in [-0.4, -0.2) is 45.5 Å². The van der Waals surface area contributed by atoms with Crippen molar-refractivity contribution in [2.24, 2.45) is 5.92 Å². The van der Waals surface area contributed by atoms with Gasteiger partial charge in [0, 0.05) is 20.0 Å². The number of nitrogens with zero attached hydrogens (tertiary/aromatic N) is 2. The zero-order chi connectivity index (χ0) is 18.1. The second kappa shape index (κ2) is 7.83. The quantitative estimate of drug-likeness (QED) is 0.503. The summed E-state index contributed by atoms with van der Waals surface area (Å²) in [6.07, 6.45) is 1.71. The van der Waals surface area contributed by atoms with Crippen molar-refractivity contribution in [2.45, 2.75) is 30.1 Å². The Hall–Kier alpha value is -0.130. The SMILES string of the molecule is CC(/C=C1/C(=O)N(C)[C@@H](C[C@H](C)C(Cl)(Cl)Cl)C(=O)N1C)=C(Cl)Cl. The molecule has 1 heterocycles. The van der Waals surface area contributed by atoms with Crippen LogP contribution in [0.3, 0.4) is 0 Å². The third-order valence-electron chi connectivity index (χ3n) is 3.77. The van der Waals surface area contributed by atoms with E-state index in [1.807, 2.05) is 0 Å². The van der Waals surface area contributed by atoms with E-state index in [4.69, 9.17) is 58.0 Å². The molecule has 1 aliphatic heterocycles. The molecule has 2 amide bonds. The molecule has 0 bridgehead atoms. The van der Waals surface area contributed by atoms with Crippen LogP contribution in [0.4, 0.5) is 0 Å². The van der Waals surface area contributed by atoms with Crippen LogP contribution in [0.2, 0.25) is 0 Å². The van der Waals surface area contributed by atoms with E-state index in [1.54, 1.807) is 13.8 Å². The molecule has 0 aliphatic carbocycles. The van der Waals surface area contributed by atoms with E-state index in [0.717, 1.165) is 0 Å². The molecular weight excluding hydrogens is 405 g/mol. The maximum atomic E-state index is 12.6. The largest absolute Gasteiger partial charge is 0.328 e.